The SMILES string of the molecule is COCCOCC(NN)c1ccc(C2CCC2)cc1. The number of hydrazine groups is 1. The molecule has 19 heavy (non-hydrogen) atoms. The van der Waals surface area contributed by atoms with Crippen LogP contribution in [-0.4, -0.2) is 26.9 Å². The molecule has 4 heteroatoms. The van der Waals surface area contributed by atoms with E-state index in [2.05, 4.69) is 29.7 Å². The van der Waals surface area contributed by atoms with Crippen LogP contribution in [0.3, 0.4) is 0 Å². The van der Waals surface area contributed by atoms with Gasteiger partial charge < -0.3 is 9.47 Å². The molecule has 0 bridgehead atoms. The fourth-order valence-electron chi connectivity index (χ4n) is 2.33. The van der Waals surface area contributed by atoms with Crippen molar-refractivity contribution in [3.05, 3.63) is 35.4 Å². The number of nitrogens with one attached hydrogen (secondary N) is 1. The molecule has 106 valence electrons. The molecule has 0 amide bonds. The molecule has 0 spiro atoms. The molecular formula is C15H24N2O2. The Labute approximate surface area is 115 Å². The van der Waals surface area contributed by atoms with Crippen LogP contribution < -0.4 is 11.3 Å². The summed E-state index contributed by atoms with van der Waals surface area (Å²) in [6, 6.07) is 8.78. The Morgan fingerprint density at radius 3 is 2.53 bits per heavy atom. The van der Waals surface area contributed by atoms with Gasteiger partial charge in [-0.2, -0.15) is 0 Å². The predicted octanol–water partition coefficient (Wildman–Crippen LogP) is 2.12. The van der Waals surface area contributed by atoms with E-state index in [0.29, 0.717) is 19.8 Å². The van der Waals surface area contributed by atoms with Gasteiger partial charge in [0.15, 0.2) is 0 Å². The van der Waals surface area contributed by atoms with E-state index in [1.165, 1.54) is 30.4 Å². The molecule has 1 saturated carbocycles. The van der Waals surface area contributed by atoms with Crippen molar-refractivity contribution in [2.24, 2.45) is 5.84 Å². The molecule has 1 fully saturated rings. The first-order chi connectivity index (χ1) is 9.35. The number of nitrogens with two attached hydrogens (primary N) is 1. The topological polar surface area (TPSA) is 56.5 Å². The Kier molecular flexibility index (Phi) is 5.79. The van der Waals surface area contributed by atoms with E-state index in [9.17, 15) is 0 Å². The summed E-state index contributed by atoms with van der Waals surface area (Å²) in [5, 5.41) is 0. The Hall–Kier alpha value is -0.940. The average Bonchev–Trinajstić information content (AvgIpc) is 2.38. The van der Waals surface area contributed by atoms with E-state index in [-0.39, 0.29) is 6.04 Å². The third-order valence-corrected chi connectivity index (χ3v) is 3.83. The zero-order valence-electron chi connectivity index (χ0n) is 11.6. The minimum atomic E-state index is 0.0345. The lowest BCUT2D eigenvalue weighted by molar-refractivity contribution is 0.0586. The second-order valence-corrected chi connectivity index (χ2v) is 5.08. The first-order valence-electron chi connectivity index (χ1n) is 6.98. The standard InChI is InChI=1S/C15H24N2O2/c1-18-9-10-19-11-15(17-16)14-7-5-13(6-8-14)12-3-2-4-12/h5-8,12,15,17H,2-4,9-11,16H2,1H3. The lowest BCUT2D eigenvalue weighted by Gasteiger charge is -2.26. The third-order valence-electron chi connectivity index (χ3n) is 3.83. The van der Waals surface area contributed by atoms with Gasteiger partial charge in [-0.25, -0.2) is 0 Å². The average molecular weight is 264 g/mol. The number of hydrogen-bond donors (Lipinski definition) is 2. The van der Waals surface area contributed by atoms with Gasteiger partial charge in [0.05, 0.1) is 25.9 Å². The number of methoxy groups -OCH3 is 1. The van der Waals surface area contributed by atoms with Crippen molar-refractivity contribution in [3.63, 3.8) is 0 Å². The van der Waals surface area contributed by atoms with E-state index in [1.807, 2.05) is 0 Å². The van der Waals surface area contributed by atoms with Crippen molar-refractivity contribution in [1.82, 2.24) is 5.43 Å². The van der Waals surface area contributed by atoms with E-state index in [0.717, 1.165) is 5.92 Å². The fourth-order valence-corrected chi connectivity index (χ4v) is 2.33. The Morgan fingerprint density at radius 1 is 1.26 bits per heavy atom. The zero-order valence-corrected chi connectivity index (χ0v) is 11.6. The molecule has 0 radical (unpaired) electrons. The lowest BCUT2D eigenvalue weighted by Crippen LogP contribution is -2.31. The van der Waals surface area contributed by atoms with Gasteiger partial charge in [-0.15, -0.1) is 0 Å². The van der Waals surface area contributed by atoms with Gasteiger partial charge in [0, 0.05) is 7.11 Å². The first-order valence-corrected chi connectivity index (χ1v) is 6.98. The molecule has 0 aliphatic heterocycles. The molecule has 3 N–H and O–H groups in total. The van der Waals surface area contributed by atoms with Crippen molar-refractivity contribution in [2.75, 3.05) is 26.9 Å². The maximum absolute atomic E-state index is 5.59. The van der Waals surface area contributed by atoms with Gasteiger partial charge >= 0.3 is 0 Å². The van der Waals surface area contributed by atoms with E-state index >= 15 is 0 Å². The van der Waals surface area contributed by atoms with E-state index in [1.54, 1.807) is 7.11 Å². The molecule has 0 saturated heterocycles. The van der Waals surface area contributed by atoms with Crippen LogP contribution in [0.15, 0.2) is 24.3 Å². The molecule has 4 nitrogen and oxygen atoms in total. The summed E-state index contributed by atoms with van der Waals surface area (Å²) in [6.45, 7) is 1.76. The number of hydrogen-bond acceptors (Lipinski definition) is 4. The van der Waals surface area contributed by atoms with Crippen molar-refractivity contribution in [2.45, 2.75) is 31.2 Å². The minimum Gasteiger partial charge on any atom is -0.382 e. The van der Waals surface area contributed by atoms with Crippen LogP contribution in [0.2, 0.25) is 0 Å². The number of benzene rings is 1. The molecular weight excluding hydrogens is 240 g/mol. The van der Waals surface area contributed by atoms with E-state index < -0.39 is 0 Å². The monoisotopic (exact) mass is 264 g/mol. The maximum Gasteiger partial charge on any atom is 0.0701 e. The molecule has 0 aromatic heterocycles. The van der Waals surface area contributed by atoms with Crippen LogP contribution in [0.4, 0.5) is 0 Å². The summed E-state index contributed by atoms with van der Waals surface area (Å²) in [6.07, 6.45) is 4.03. The molecule has 1 aromatic rings. The summed E-state index contributed by atoms with van der Waals surface area (Å²) in [5.74, 6) is 6.37. The van der Waals surface area contributed by atoms with Crippen LogP contribution in [0.25, 0.3) is 0 Å². The number of rotatable bonds is 8. The molecule has 1 unspecified atom stereocenters. The highest BCUT2D eigenvalue weighted by Crippen LogP contribution is 2.36. The highest BCUT2D eigenvalue weighted by Gasteiger charge is 2.19. The minimum absolute atomic E-state index is 0.0345. The third kappa shape index (κ3) is 4.01. The zero-order chi connectivity index (χ0) is 13.5. The van der Waals surface area contributed by atoms with Gasteiger partial charge in [0.25, 0.3) is 0 Å². The van der Waals surface area contributed by atoms with Crippen LogP contribution in [-0.2, 0) is 9.47 Å². The Balaban J connectivity index is 1.86. The van der Waals surface area contributed by atoms with Crippen LogP contribution >= 0.6 is 0 Å². The highest BCUT2D eigenvalue weighted by molar-refractivity contribution is 5.28. The second-order valence-electron chi connectivity index (χ2n) is 5.08. The maximum atomic E-state index is 5.59. The Bertz CT molecular complexity index is 363. The van der Waals surface area contributed by atoms with Gasteiger partial charge in [-0.05, 0) is 29.9 Å². The molecule has 1 aromatic carbocycles. The van der Waals surface area contributed by atoms with Crippen molar-refractivity contribution >= 4 is 0 Å². The van der Waals surface area contributed by atoms with Crippen molar-refractivity contribution in [3.8, 4) is 0 Å². The predicted molar refractivity (Wildman–Crippen MR) is 75.8 cm³/mol. The smallest absolute Gasteiger partial charge is 0.0701 e. The normalized spacial score (nSPS) is 17.2. The molecule has 1 atom stereocenters. The Morgan fingerprint density at radius 2 is 2.00 bits per heavy atom. The van der Waals surface area contributed by atoms with Crippen LogP contribution in [0, 0.1) is 0 Å². The first kappa shape index (κ1) is 14.5. The molecule has 2 rings (SSSR count). The van der Waals surface area contributed by atoms with Gasteiger partial charge in [-0.1, -0.05) is 30.7 Å². The van der Waals surface area contributed by atoms with E-state index in [4.69, 9.17) is 15.3 Å². The molecule has 1 aliphatic carbocycles. The lowest BCUT2D eigenvalue weighted by atomic mass is 9.80. The van der Waals surface area contributed by atoms with Crippen LogP contribution in [0.1, 0.15) is 42.3 Å². The second kappa shape index (κ2) is 7.60. The van der Waals surface area contributed by atoms with Gasteiger partial charge in [-0.3, -0.25) is 11.3 Å². The quantitative estimate of drug-likeness (QED) is 0.429. The summed E-state index contributed by atoms with van der Waals surface area (Å²) in [7, 11) is 1.67. The van der Waals surface area contributed by atoms with Gasteiger partial charge in [0.2, 0.25) is 0 Å². The van der Waals surface area contributed by atoms with Gasteiger partial charge in [0.1, 0.15) is 0 Å². The van der Waals surface area contributed by atoms with Crippen molar-refractivity contribution in [1.29, 1.82) is 0 Å². The van der Waals surface area contributed by atoms with Crippen LogP contribution in [0.5, 0.6) is 0 Å². The van der Waals surface area contributed by atoms with Crippen molar-refractivity contribution < 1.29 is 9.47 Å². The largest absolute Gasteiger partial charge is 0.382 e. The summed E-state index contributed by atoms with van der Waals surface area (Å²) in [4.78, 5) is 0. The summed E-state index contributed by atoms with van der Waals surface area (Å²) >= 11 is 0. The number of ether oxygens (including phenoxy) is 2. The molecule has 1 aliphatic rings. The highest BCUT2D eigenvalue weighted by atomic mass is 16.5. The summed E-state index contributed by atoms with van der Waals surface area (Å²) in [5.41, 5.74) is 5.43. The fraction of sp³-hybridized carbons (Fsp3) is 0.600. The summed E-state index contributed by atoms with van der Waals surface area (Å²) < 4.78 is 10.5. The molecule has 0 heterocycles.